The van der Waals surface area contributed by atoms with Gasteiger partial charge in [-0.05, 0) is 31.9 Å². The zero-order valence-electron chi connectivity index (χ0n) is 13.8. The van der Waals surface area contributed by atoms with Crippen LogP contribution in [0, 0.1) is 5.92 Å². The van der Waals surface area contributed by atoms with Gasteiger partial charge in [-0.2, -0.15) is 0 Å². The fourth-order valence-corrected chi connectivity index (χ4v) is 2.85. The molecule has 0 aliphatic carbocycles. The quantitative estimate of drug-likeness (QED) is 0.458. The van der Waals surface area contributed by atoms with Crippen molar-refractivity contribution in [2.75, 3.05) is 33.3 Å². The third-order valence-corrected chi connectivity index (χ3v) is 4.00. The van der Waals surface area contributed by atoms with Crippen molar-refractivity contribution in [3.8, 4) is 0 Å². The predicted molar refractivity (Wildman–Crippen MR) is 90.1 cm³/mol. The summed E-state index contributed by atoms with van der Waals surface area (Å²) in [6.45, 7) is 4.01. The standard InChI is InChI=1S/C18H24N2O3/c1-3-23-18(22)16-5-4-10-20(12-16)13-17(21)15-8-6-14(7-9-15)11-19-2/h6-9,11,16H,3-5,10,12-13H2,1-2H3. The molecule has 23 heavy (non-hydrogen) atoms. The maximum Gasteiger partial charge on any atom is 0.310 e. The highest BCUT2D eigenvalue weighted by Gasteiger charge is 2.27. The number of carbonyl (C=O) groups is 2. The minimum Gasteiger partial charge on any atom is -0.466 e. The third kappa shape index (κ3) is 4.99. The third-order valence-electron chi connectivity index (χ3n) is 4.00. The Labute approximate surface area is 137 Å². The van der Waals surface area contributed by atoms with Gasteiger partial charge in [0.05, 0.1) is 19.1 Å². The minimum absolute atomic E-state index is 0.0782. The van der Waals surface area contributed by atoms with Gasteiger partial charge in [-0.3, -0.25) is 19.5 Å². The van der Waals surface area contributed by atoms with Gasteiger partial charge < -0.3 is 4.74 Å². The van der Waals surface area contributed by atoms with Crippen LogP contribution in [0.15, 0.2) is 29.3 Å². The topological polar surface area (TPSA) is 59.0 Å². The average molecular weight is 316 g/mol. The molecule has 2 rings (SSSR count). The van der Waals surface area contributed by atoms with E-state index in [2.05, 4.69) is 9.89 Å². The molecule has 0 aromatic heterocycles. The summed E-state index contributed by atoms with van der Waals surface area (Å²) in [5.41, 5.74) is 1.67. The molecule has 1 heterocycles. The van der Waals surface area contributed by atoms with Crippen LogP contribution in [-0.2, 0) is 9.53 Å². The summed E-state index contributed by atoms with van der Waals surface area (Å²) >= 11 is 0. The highest BCUT2D eigenvalue weighted by molar-refractivity contribution is 5.98. The maximum atomic E-state index is 12.4. The Morgan fingerprint density at radius 1 is 1.35 bits per heavy atom. The van der Waals surface area contributed by atoms with E-state index in [1.165, 1.54) is 0 Å². The second-order valence-corrected chi connectivity index (χ2v) is 5.76. The molecule has 0 saturated carbocycles. The van der Waals surface area contributed by atoms with Crippen molar-refractivity contribution < 1.29 is 14.3 Å². The van der Waals surface area contributed by atoms with Gasteiger partial charge in [-0.25, -0.2) is 0 Å². The van der Waals surface area contributed by atoms with E-state index >= 15 is 0 Å². The summed E-state index contributed by atoms with van der Waals surface area (Å²) < 4.78 is 5.09. The van der Waals surface area contributed by atoms with E-state index in [1.807, 2.05) is 31.2 Å². The molecular formula is C18H24N2O3. The summed E-state index contributed by atoms with van der Waals surface area (Å²) in [6, 6.07) is 7.42. The number of likely N-dealkylation sites (tertiary alicyclic amines) is 1. The van der Waals surface area contributed by atoms with E-state index in [0.717, 1.165) is 24.9 Å². The van der Waals surface area contributed by atoms with Crippen molar-refractivity contribution in [3.05, 3.63) is 35.4 Å². The van der Waals surface area contributed by atoms with Crippen molar-refractivity contribution in [1.29, 1.82) is 0 Å². The summed E-state index contributed by atoms with van der Waals surface area (Å²) in [5.74, 6) is -0.179. The van der Waals surface area contributed by atoms with Crippen molar-refractivity contribution in [2.24, 2.45) is 10.9 Å². The molecule has 1 aliphatic rings. The zero-order chi connectivity index (χ0) is 16.7. The molecular weight excluding hydrogens is 292 g/mol. The first-order valence-corrected chi connectivity index (χ1v) is 8.08. The highest BCUT2D eigenvalue weighted by atomic mass is 16.5. The molecule has 0 N–H and O–H groups in total. The Morgan fingerprint density at radius 3 is 2.74 bits per heavy atom. The molecule has 1 unspecified atom stereocenters. The largest absolute Gasteiger partial charge is 0.466 e. The Morgan fingerprint density at radius 2 is 2.09 bits per heavy atom. The van der Waals surface area contributed by atoms with Crippen LogP contribution in [0.25, 0.3) is 0 Å². The van der Waals surface area contributed by atoms with E-state index in [1.54, 1.807) is 13.3 Å². The fraction of sp³-hybridized carbons (Fsp3) is 0.500. The molecule has 0 amide bonds. The number of carbonyl (C=O) groups excluding carboxylic acids is 2. The number of piperidine rings is 1. The normalized spacial score (nSPS) is 19.0. The van der Waals surface area contributed by atoms with Gasteiger partial charge >= 0.3 is 5.97 Å². The molecule has 0 radical (unpaired) electrons. The summed E-state index contributed by atoms with van der Waals surface area (Å²) in [4.78, 5) is 30.2. The van der Waals surface area contributed by atoms with Crippen LogP contribution in [0.2, 0.25) is 0 Å². The van der Waals surface area contributed by atoms with E-state index in [9.17, 15) is 9.59 Å². The summed E-state index contributed by atoms with van der Waals surface area (Å²) in [6.07, 6.45) is 3.51. The number of aliphatic imine (C=N–C) groups is 1. The molecule has 1 saturated heterocycles. The Balaban J connectivity index is 1.92. The SMILES string of the molecule is CCOC(=O)C1CCCN(CC(=O)c2ccc(C=NC)cc2)C1. The second kappa shape index (κ2) is 8.58. The number of benzene rings is 1. The highest BCUT2D eigenvalue weighted by Crippen LogP contribution is 2.18. The first-order chi connectivity index (χ1) is 11.1. The first kappa shape index (κ1) is 17.3. The number of hydrogen-bond donors (Lipinski definition) is 0. The van der Waals surface area contributed by atoms with Gasteiger partial charge in [0, 0.05) is 25.4 Å². The van der Waals surface area contributed by atoms with E-state index in [4.69, 9.17) is 4.74 Å². The molecule has 1 aromatic rings. The number of Topliss-reactive ketones (excluding diaryl/α,β-unsaturated/α-hetero) is 1. The number of ketones is 1. The molecule has 124 valence electrons. The lowest BCUT2D eigenvalue weighted by Gasteiger charge is -2.30. The fourth-order valence-electron chi connectivity index (χ4n) is 2.85. The van der Waals surface area contributed by atoms with Crippen molar-refractivity contribution >= 4 is 18.0 Å². The summed E-state index contributed by atoms with van der Waals surface area (Å²) in [5, 5.41) is 0. The van der Waals surface area contributed by atoms with Crippen molar-refractivity contribution in [1.82, 2.24) is 4.90 Å². The number of hydrogen-bond acceptors (Lipinski definition) is 5. The van der Waals surface area contributed by atoms with Gasteiger partial charge in [0.1, 0.15) is 0 Å². The Kier molecular flexibility index (Phi) is 6.47. The zero-order valence-corrected chi connectivity index (χ0v) is 13.8. The number of rotatable bonds is 6. The smallest absolute Gasteiger partial charge is 0.310 e. The lowest BCUT2D eigenvalue weighted by Crippen LogP contribution is -2.41. The van der Waals surface area contributed by atoms with E-state index < -0.39 is 0 Å². The average Bonchev–Trinajstić information content (AvgIpc) is 2.56. The maximum absolute atomic E-state index is 12.4. The van der Waals surface area contributed by atoms with Crippen LogP contribution in [0.5, 0.6) is 0 Å². The number of nitrogens with zero attached hydrogens (tertiary/aromatic N) is 2. The molecule has 1 fully saturated rings. The van der Waals surface area contributed by atoms with Crippen LogP contribution >= 0.6 is 0 Å². The van der Waals surface area contributed by atoms with Gasteiger partial charge in [-0.15, -0.1) is 0 Å². The molecule has 0 bridgehead atoms. The second-order valence-electron chi connectivity index (χ2n) is 5.76. The molecule has 5 heteroatoms. The first-order valence-electron chi connectivity index (χ1n) is 8.08. The van der Waals surface area contributed by atoms with Crippen LogP contribution in [0.3, 0.4) is 0 Å². The van der Waals surface area contributed by atoms with Gasteiger partial charge in [0.25, 0.3) is 0 Å². The predicted octanol–water partition coefficient (Wildman–Crippen LogP) is 2.19. The minimum atomic E-state index is -0.146. The molecule has 1 aromatic carbocycles. The van der Waals surface area contributed by atoms with E-state index in [0.29, 0.717) is 25.3 Å². The van der Waals surface area contributed by atoms with Gasteiger partial charge in [-0.1, -0.05) is 24.3 Å². The van der Waals surface area contributed by atoms with Crippen LogP contribution in [0.1, 0.15) is 35.7 Å². The molecule has 5 nitrogen and oxygen atoms in total. The number of esters is 1. The van der Waals surface area contributed by atoms with E-state index in [-0.39, 0.29) is 17.7 Å². The molecule has 1 atom stereocenters. The van der Waals surface area contributed by atoms with Gasteiger partial charge in [0.2, 0.25) is 0 Å². The summed E-state index contributed by atoms with van der Waals surface area (Å²) in [7, 11) is 1.72. The lowest BCUT2D eigenvalue weighted by atomic mass is 9.97. The van der Waals surface area contributed by atoms with Gasteiger partial charge in [0.15, 0.2) is 5.78 Å². The molecule has 1 aliphatic heterocycles. The van der Waals surface area contributed by atoms with Crippen molar-refractivity contribution in [2.45, 2.75) is 19.8 Å². The number of ether oxygens (including phenoxy) is 1. The Bertz CT molecular complexity index is 566. The van der Waals surface area contributed by atoms with Crippen LogP contribution in [-0.4, -0.2) is 56.2 Å². The lowest BCUT2D eigenvalue weighted by molar-refractivity contribution is -0.149. The Hall–Kier alpha value is -2.01. The van der Waals surface area contributed by atoms with Crippen LogP contribution < -0.4 is 0 Å². The van der Waals surface area contributed by atoms with Crippen molar-refractivity contribution in [3.63, 3.8) is 0 Å². The molecule has 0 spiro atoms. The monoisotopic (exact) mass is 316 g/mol. The van der Waals surface area contributed by atoms with Crippen LogP contribution in [0.4, 0.5) is 0 Å².